The lowest BCUT2D eigenvalue weighted by Crippen LogP contribution is -2.47. The molecule has 0 radical (unpaired) electrons. The molecule has 2 atom stereocenters. The van der Waals surface area contributed by atoms with E-state index in [9.17, 15) is 9.82 Å². The summed E-state index contributed by atoms with van der Waals surface area (Å²) in [5.74, 6) is -0.505. The number of nitrogens with one attached hydrogen (secondary N) is 1. The second kappa shape index (κ2) is 5.84. The molecule has 3 N–H and O–H groups in total. The van der Waals surface area contributed by atoms with Crippen LogP contribution < -0.4 is 5.32 Å². The summed E-state index contributed by atoms with van der Waals surface area (Å²) in [6.07, 6.45) is 2.42. The number of carbonyl (C=O) groups is 1. The third-order valence-corrected chi connectivity index (χ3v) is 2.88. The van der Waals surface area contributed by atoms with Gasteiger partial charge in [0.05, 0.1) is 18.5 Å². The highest BCUT2D eigenvalue weighted by Gasteiger charge is 2.35. The van der Waals surface area contributed by atoms with Crippen LogP contribution in [0.2, 0.25) is 0 Å². The first-order chi connectivity index (χ1) is 8.65. The lowest BCUT2D eigenvalue weighted by Gasteiger charge is -2.31. The third kappa shape index (κ3) is 3.45. The van der Waals surface area contributed by atoms with Gasteiger partial charge in [-0.05, 0) is 25.0 Å². The van der Waals surface area contributed by atoms with Gasteiger partial charge in [-0.3, -0.25) is 4.79 Å². The van der Waals surface area contributed by atoms with Gasteiger partial charge in [-0.2, -0.15) is 0 Å². The van der Waals surface area contributed by atoms with Crippen molar-refractivity contribution in [2.24, 2.45) is 0 Å². The van der Waals surface area contributed by atoms with Crippen molar-refractivity contribution in [3.8, 4) is 0 Å². The first-order valence-electron chi connectivity index (χ1n) is 5.88. The standard InChI is InChI=1S/C11H15BN2O4/c15-11(16)7-8-4-5-9(12(17)18-8)14-10-3-1-2-6-13-10/h1-3,6,8-9,17H,4-5,7H2,(H,13,14)(H,15,16)/t8-,9-/m0/s1. The van der Waals surface area contributed by atoms with Crippen LogP contribution in [0.25, 0.3) is 0 Å². The van der Waals surface area contributed by atoms with Gasteiger partial charge in [0, 0.05) is 6.20 Å². The van der Waals surface area contributed by atoms with Gasteiger partial charge in [0.25, 0.3) is 0 Å². The Morgan fingerprint density at radius 3 is 3.00 bits per heavy atom. The number of aliphatic carboxylic acids is 1. The first kappa shape index (κ1) is 12.9. The Hall–Kier alpha value is -1.60. The molecule has 0 bridgehead atoms. The molecule has 96 valence electrons. The summed E-state index contributed by atoms with van der Waals surface area (Å²) in [6.45, 7) is 0. The highest BCUT2D eigenvalue weighted by Crippen LogP contribution is 2.20. The van der Waals surface area contributed by atoms with E-state index in [1.807, 2.05) is 12.1 Å². The maximum Gasteiger partial charge on any atom is 0.478 e. The van der Waals surface area contributed by atoms with E-state index >= 15 is 0 Å². The molecule has 1 fully saturated rings. The molecule has 1 aliphatic heterocycles. The average Bonchev–Trinajstić information content (AvgIpc) is 2.33. The zero-order chi connectivity index (χ0) is 13.0. The molecular weight excluding hydrogens is 235 g/mol. The lowest BCUT2D eigenvalue weighted by molar-refractivity contribution is -0.139. The SMILES string of the molecule is O=C(O)C[C@@H]1CC[C@H](Nc2ccccn2)B(O)O1. The van der Waals surface area contributed by atoms with Gasteiger partial charge in [0.15, 0.2) is 0 Å². The number of aromatic nitrogens is 1. The molecule has 6 nitrogen and oxygen atoms in total. The predicted octanol–water partition coefficient (Wildman–Crippen LogP) is 0.535. The molecule has 7 heteroatoms. The maximum absolute atomic E-state index is 10.6. The number of hydrogen-bond donors (Lipinski definition) is 3. The Morgan fingerprint density at radius 2 is 2.39 bits per heavy atom. The minimum absolute atomic E-state index is 0.0760. The van der Waals surface area contributed by atoms with Crippen molar-refractivity contribution in [1.29, 1.82) is 0 Å². The van der Waals surface area contributed by atoms with Crippen LogP contribution in [0.3, 0.4) is 0 Å². The van der Waals surface area contributed by atoms with E-state index in [0.717, 1.165) is 0 Å². The van der Waals surface area contributed by atoms with E-state index in [1.54, 1.807) is 12.3 Å². The van der Waals surface area contributed by atoms with Crippen LogP contribution in [0.1, 0.15) is 19.3 Å². The largest absolute Gasteiger partial charge is 0.481 e. The summed E-state index contributed by atoms with van der Waals surface area (Å²) in [5.41, 5.74) is 0. The molecule has 1 aromatic rings. The van der Waals surface area contributed by atoms with Gasteiger partial charge in [0.1, 0.15) is 5.82 Å². The fourth-order valence-corrected chi connectivity index (χ4v) is 1.99. The minimum atomic E-state index is -1.01. The topological polar surface area (TPSA) is 91.7 Å². The van der Waals surface area contributed by atoms with Gasteiger partial charge in [-0.25, -0.2) is 4.98 Å². The van der Waals surface area contributed by atoms with Gasteiger partial charge in [-0.1, -0.05) is 6.07 Å². The van der Waals surface area contributed by atoms with E-state index in [0.29, 0.717) is 18.7 Å². The van der Waals surface area contributed by atoms with Crippen molar-refractivity contribution in [1.82, 2.24) is 4.98 Å². The molecule has 1 aromatic heterocycles. The highest BCUT2D eigenvalue weighted by molar-refractivity contribution is 6.46. The van der Waals surface area contributed by atoms with Gasteiger partial charge < -0.3 is 20.1 Å². The Kier molecular flexibility index (Phi) is 4.17. The van der Waals surface area contributed by atoms with E-state index in [4.69, 9.17) is 9.76 Å². The molecule has 0 aromatic carbocycles. The normalized spacial score (nSPS) is 23.7. The molecule has 18 heavy (non-hydrogen) atoms. The number of carboxylic acids is 1. The van der Waals surface area contributed by atoms with Gasteiger partial charge in [-0.15, -0.1) is 0 Å². The smallest absolute Gasteiger partial charge is 0.478 e. The Bertz CT molecular complexity index is 403. The summed E-state index contributed by atoms with van der Waals surface area (Å²) in [4.78, 5) is 14.7. The second-order valence-corrected chi connectivity index (χ2v) is 4.29. The van der Waals surface area contributed by atoms with Crippen LogP contribution in [0.4, 0.5) is 5.82 Å². The lowest BCUT2D eigenvalue weighted by atomic mass is 9.72. The van der Waals surface area contributed by atoms with E-state index in [1.165, 1.54) is 0 Å². The summed E-state index contributed by atoms with van der Waals surface area (Å²) in [5, 5.41) is 21.5. The summed E-state index contributed by atoms with van der Waals surface area (Å²) >= 11 is 0. The summed E-state index contributed by atoms with van der Waals surface area (Å²) in [6, 6.07) is 5.45. The molecule has 0 amide bonds. The van der Waals surface area contributed by atoms with Gasteiger partial charge >= 0.3 is 13.1 Å². The molecule has 0 aliphatic carbocycles. The van der Waals surface area contributed by atoms with Crippen molar-refractivity contribution in [2.45, 2.75) is 31.3 Å². The monoisotopic (exact) mass is 250 g/mol. The predicted molar refractivity (Wildman–Crippen MR) is 66.0 cm³/mol. The highest BCUT2D eigenvalue weighted by atomic mass is 16.5. The number of pyridine rings is 1. The summed E-state index contributed by atoms with van der Waals surface area (Å²) in [7, 11) is -1.01. The minimum Gasteiger partial charge on any atom is -0.481 e. The van der Waals surface area contributed by atoms with E-state index < -0.39 is 19.2 Å². The quantitative estimate of drug-likeness (QED) is 0.675. The van der Waals surface area contributed by atoms with Crippen LogP contribution in [0, 0.1) is 0 Å². The van der Waals surface area contributed by atoms with Crippen molar-refractivity contribution in [3.63, 3.8) is 0 Å². The van der Waals surface area contributed by atoms with Crippen molar-refractivity contribution < 1.29 is 19.6 Å². The number of nitrogens with zero attached hydrogens (tertiary/aromatic N) is 1. The van der Waals surface area contributed by atoms with Crippen molar-refractivity contribution >= 4 is 18.9 Å². The number of hydrogen-bond acceptors (Lipinski definition) is 5. The van der Waals surface area contributed by atoms with Crippen LogP contribution in [0.15, 0.2) is 24.4 Å². The maximum atomic E-state index is 10.6. The average molecular weight is 250 g/mol. The second-order valence-electron chi connectivity index (χ2n) is 4.29. The summed E-state index contributed by atoms with van der Waals surface area (Å²) < 4.78 is 5.27. The number of rotatable bonds is 4. The van der Waals surface area contributed by atoms with E-state index in [-0.39, 0.29) is 12.4 Å². The van der Waals surface area contributed by atoms with Crippen LogP contribution in [-0.4, -0.2) is 40.2 Å². The molecule has 0 spiro atoms. The Morgan fingerprint density at radius 1 is 1.56 bits per heavy atom. The molecule has 1 aliphatic rings. The third-order valence-electron chi connectivity index (χ3n) is 2.88. The zero-order valence-corrected chi connectivity index (χ0v) is 9.82. The number of anilines is 1. The fourth-order valence-electron chi connectivity index (χ4n) is 1.99. The van der Waals surface area contributed by atoms with Crippen LogP contribution >= 0.6 is 0 Å². The molecule has 2 rings (SSSR count). The van der Waals surface area contributed by atoms with Crippen LogP contribution in [0.5, 0.6) is 0 Å². The van der Waals surface area contributed by atoms with Gasteiger partial charge in [0.2, 0.25) is 0 Å². The first-order valence-corrected chi connectivity index (χ1v) is 5.88. The molecule has 1 saturated heterocycles. The van der Waals surface area contributed by atoms with Crippen molar-refractivity contribution in [2.75, 3.05) is 5.32 Å². The fraction of sp³-hybridized carbons (Fsp3) is 0.455. The molecule has 2 heterocycles. The Balaban J connectivity index is 1.88. The molecular formula is C11H15BN2O4. The Labute approximate surface area is 105 Å². The molecule has 0 unspecified atom stereocenters. The molecule has 0 saturated carbocycles. The van der Waals surface area contributed by atoms with Crippen LogP contribution in [-0.2, 0) is 9.45 Å². The van der Waals surface area contributed by atoms with Crippen molar-refractivity contribution in [3.05, 3.63) is 24.4 Å². The van der Waals surface area contributed by atoms with E-state index in [2.05, 4.69) is 10.3 Å². The number of carboxylic acid groups (broad SMARTS) is 1. The zero-order valence-electron chi connectivity index (χ0n) is 9.82.